The van der Waals surface area contributed by atoms with E-state index in [2.05, 4.69) is 15.3 Å². The fraction of sp³-hybridized carbons (Fsp3) is 0.467. The van der Waals surface area contributed by atoms with Gasteiger partial charge in [-0.15, -0.1) is 5.10 Å². The van der Waals surface area contributed by atoms with Crippen molar-refractivity contribution in [2.75, 3.05) is 6.61 Å². The molecule has 2 aromatic rings. The monoisotopic (exact) mass is 286 g/mol. The largest absolute Gasteiger partial charge is 0.461 e. The smallest absolute Gasteiger partial charge is 0.361 e. The second-order valence-corrected chi connectivity index (χ2v) is 5.23. The van der Waals surface area contributed by atoms with Crippen LogP contribution in [0.1, 0.15) is 36.7 Å². The highest BCUT2D eigenvalue weighted by Gasteiger charge is 2.25. The lowest BCUT2D eigenvalue weighted by molar-refractivity contribution is 0.0520. The van der Waals surface area contributed by atoms with Gasteiger partial charge >= 0.3 is 5.97 Å². The maximum absolute atomic E-state index is 12.1. The first-order valence-electron chi connectivity index (χ1n) is 7.30. The highest BCUT2D eigenvalue weighted by Crippen LogP contribution is 2.30. The van der Waals surface area contributed by atoms with Crippen LogP contribution < -0.4 is 0 Å². The number of carbonyl (C=O) groups excluding carboxylic acids is 1. The fourth-order valence-corrected chi connectivity index (χ4v) is 2.49. The van der Waals surface area contributed by atoms with Gasteiger partial charge in [0.05, 0.1) is 6.61 Å². The van der Waals surface area contributed by atoms with Crippen molar-refractivity contribution in [3.63, 3.8) is 0 Å². The first-order valence-corrected chi connectivity index (χ1v) is 7.30. The number of aromatic nitrogens is 4. The first kappa shape index (κ1) is 13.7. The zero-order chi connectivity index (χ0) is 14.7. The molecule has 3 rings (SSSR count). The number of hydrogen-bond donors (Lipinski definition) is 0. The molecule has 1 aliphatic rings. The summed E-state index contributed by atoms with van der Waals surface area (Å²) in [6, 6.07) is 3.75. The van der Waals surface area contributed by atoms with Crippen molar-refractivity contribution in [1.29, 1.82) is 0 Å². The summed E-state index contributed by atoms with van der Waals surface area (Å²) in [5, 5.41) is 8.19. The summed E-state index contributed by atoms with van der Waals surface area (Å²) in [5.41, 5.74) is 1.81. The lowest BCUT2D eigenvalue weighted by Gasteiger charge is -2.25. The minimum absolute atomic E-state index is 0.268. The number of ether oxygens (including phenoxy) is 1. The average Bonchev–Trinajstić information content (AvgIpc) is 2.88. The standard InChI is InChI=1S/C15H18N4O2/c1-2-21-15(20)13-14(12-7-4-8-16-9-12)19(18-17-13)10-11-5-3-6-11/h4,7-9,11H,2-3,5-6,10H2,1H3. The molecule has 0 aliphatic heterocycles. The van der Waals surface area contributed by atoms with E-state index in [1.165, 1.54) is 19.3 Å². The van der Waals surface area contributed by atoms with Crippen molar-refractivity contribution in [2.45, 2.75) is 32.7 Å². The van der Waals surface area contributed by atoms with Crippen molar-refractivity contribution >= 4 is 5.97 Å². The van der Waals surface area contributed by atoms with Crippen LogP contribution in [0.4, 0.5) is 0 Å². The predicted octanol–water partition coefficient (Wildman–Crippen LogP) is 2.32. The Bertz CT molecular complexity index is 620. The van der Waals surface area contributed by atoms with Gasteiger partial charge in [0.2, 0.25) is 0 Å². The minimum atomic E-state index is -0.434. The van der Waals surface area contributed by atoms with Gasteiger partial charge in [0.1, 0.15) is 5.69 Å². The first-order chi connectivity index (χ1) is 10.3. The van der Waals surface area contributed by atoms with Crippen LogP contribution in [0.15, 0.2) is 24.5 Å². The van der Waals surface area contributed by atoms with E-state index in [4.69, 9.17) is 4.74 Å². The van der Waals surface area contributed by atoms with Crippen LogP contribution in [0.5, 0.6) is 0 Å². The molecule has 0 amide bonds. The van der Waals surface area contributed by atoms with Crippen LogP contribution in [0.25, 0.3) is 11.3 Å². The van der Waals surface area contributed by atoms with Crippen molar-refractivity contribution in [3.8, 4) is 11.3 Å². The highest BCUT2D eigenvalue weighted by molar-refractivity contribution is 5.93. The van der Waals surface area contributed by atoms with Gasteiger partial charge in [0.15, 0.2) is 5.69 Å². The molecule has 1 aliphatic carbocycles. The van der Waals surface area contributed by atoms with Crippen molar-refractivity contribution < 1.29 is 9.53 Å². The summed E-state index contributed by atoms with van der Waals surface area (Å²) in [5.74, 6) is 0.188. The normalized spacial score (nSPS) is 14.7. The lowest BCUT2D eigenvalue weighted by atomic mass is 9.85. The van der Waals surface area contributed by atoms with Crippen molar-refractivity contribution in [3.05, 3.63) is 30.2 Å². The summed E-state index contributed by atoms with van der Waals surface area (Å²) < 4.78 is 6.89. The van der Waals surface area contributed by atoms with Crippen LogP contribution >= 0.6 is 0 Å². The molecule has 2 aromatic heterocycles. The van der Waals surface area contributed by atoms with Crippen LogP contribution in [-0.4, -0.2) is 32.6 Å². The molecule has 1 fully saturated rings. The van der Waals surface area contributed by atoms with Gasteiger partial charge in [0, 0.05) is 24.5 Å². The van der Waals surface area contributed by atoms with E-state index in [1.54, 1.807) is 19.3 Å². The topological polar surface area (TPSA) is 69.9 Å². The van der Waals surface area contributed by atoms with Gasteiger partial charge in [-0.2, -0.15) is 0 Å². The second kappa shape index (κ2) is 6.03. The van der Waals surface area contributed by atoms with E-state index < -0.39 is 5.97 Å². The highest BCUT2D eigenvalue weighted by atomic mass is 16.5. The quantitative estimate of drug-likeness (QED) is 0.789. The maximum Gasteiger partial charge on any atom is 0.361 e. The number of rotatable bonds is 5. The molecule has 2 heterocycles. The molecule has 6 heteroatoms. The summed E-state index contributed by atoms with van der Waals surface area (Å²) in [7, 11) is 0. The Morgan fingerprint density at radius 1 is 1.48 bits per heavy atom. The summed E-state index contributed by atoms with van der Waals surface area (Å²) in [4.78, 5) is 16.2. The summed E-state index contributed by atoms with van der Waals surface area (Å²) in [6.07, 6.45) is 7.11. The Morgan fingerprint density at radius 3 is 2.95 bits per heavy atom. The van der Waals surface area contributed by atoms with Crippen molar-refractivity contribution in [2.24, 2.45) is 5.92 Å². The molecule has 0 spiro atoms. The predicted molar refractivity (Wildman–Crippen MR) is 76.6 cm³/mol. The summed E-state index contributed by atoms with van der Waals surface area (Å²) >= 11 is 0. The molecule has 6 nitrogen and oxygen atoms in total. The third-order valence-electron chi connectivity index (χ3n) is 3.79. The summed E-state index contributed by atoms with van der Waals surface area (Å²) in [6.45, 7) is 2.89. The average molecular weight is 286 g/mol. The number of esters is 1. The van der Waals surface area contributed by atoms with Gasteiger partial charge < -0.3 is 4.74 Å². The minimum Gasteiger partial charge on any atom is -0.461 e. The lowest BCUT2D eigenvalue weighted by Crippen LogP contribution is -2.19. The van der Waals surface area contributed by atoms with E-state index in [9.17, 15) is 4.79 Å². The molecule has 0 atom stereocenters. The van der Waals surface area contributed by atoms with Gasteiger partial charge in [-0.1, -0.05) is 11.6 Å². The van der Waals surface area contributed by atoms with Crippen LogP contribution in [0, 0.1) is 5.92 Å². The molecule has 0 saturated heterocycles. The second-order valence-electron chi connectivity index (χ2n) is 5.23. The molecule has 0 bridgehead atoms. The van der Waals surface area contributed by atoms with Gasteiger partial charge in [0.25, 0.3) is 0 Å². The van der Waals surface area contributed by atoms with E-state index >= 15 is 0 Å². The molecule has 0 unspecified atom stereocenters. The van der Waals surface area contributed by atoms with Crippen LogP contribution in [0.2, 0.25) is 0 Å². The number of pyridine rings is 1. The Hall–Kier alpha value is -2.24. The zero-order valence-electron chi connectivity index (χ0n) is 12.0. The molecule has 0 radical (unpaired) electrons. The number of hydrogen-bond acceptors (Lipinski definition) is 5. The Kier molecular flexibility index (Phi) is 3.94. The third-order valence-corrected chi connectivity index (χ3v) is 3.79. The Morgan fingerprint density at radius 2 is 2.33 bits per heavy atom. The zero-order valence-corrected chi connectivity index (χ0v) is 12.0. The molecule has 0 N–H and O–H groups in total. The Labute approximate surface area is 123 Å². The van der Waals surface area contributed by atoms with Gasteiger partial charge in [-0.3, -0.25) is 4.98 Å². The maximum atomic E-state index is 12.1. The van der Waals surface area contributed by atoms with E-state index in [1.807, 2.05) is 16.8 Å². The SMILES string of the molecule is CCOC(=O)c1nnn(CC2CCC2)c1-c1cccnc1. The van der Waals surface area contributed by atoms with Crippen LogP contribution in [-0.2, 0) is 11.3 Å². The van der Waals surface area contributed by atoms with Crippen LogP contribution in [0.3, 0.4) is 0 Å². The number of carbonyl (C=O) groups is 1. The van der Waals surface area contributed by atoms with Crippen molar-refractivity contribution in [1.82, 2.24) is 20.0 Å². The molecular weight excluding hydrogens is 268 g/mol. The molecule has 1 saturated carbocycles. The van der Waals surface area contributed by atoms with E-state index in [0.29, 0.717) is 18.2 Å². The molecular formula is C15H18N4O2. The van der Waals surface area contributed by atoms with E-state index in [-0.39, 0.29) is 5.69 Å². The Balaban J connectivity index is 1.98. The van der Waals surface area contributed by atoms with E-state index in [0.717, 1.165) is 12.1 Å². The van der Waals surface area contributed by atoms with Gasteiger partial charge in [-0.25, -0.2) is 9.48 Å². The molecule has 0 aromatic carbocycles. The molecule has 110 valence electrons. The third kappa shape index (κ3) is 2.79. The fourth-order valence-electron chi connectivity index (χ4n) is 2.49. The number of nitrogens with zero attached hydrogens (tertiary/aromatic N) is 4. The van der Waals surface area contributed by atoms with Gasteiger partial charge in [-0.05, 0) is 37.8 Å². The molecule has 21 heavy (non-hydrogen) atoms.